The zero-order valence-electron chi connectivity index (χ0n) is 11.0. The Kier molecular flexibility index (Phi) is 5.36. The summed E-state index contributed by atoms with van der Waals surface area (Å²) in [6.45, 7) is 1.49. The number of hydrazone groups is 1. The lowest BCUT2D eigenvalue weighted by molar-refractivity contribution is -0.384. The summed E-state index contributed by atoms with van der Waals surface area (Å²) < 4.78 is 23.7. The van der Waals surface area contributed by atoms with Crippen LogP contribution in [-0.2, 0) is 14.8 Å². The van der Waals surface area contributed by atoms with Gasteiger partial charge in [0.1, 0.15) is 0 Å². The molecule has 0 aliphatic rings. The summed E-state index contributed by atoms with van der Waals surface area (Å²) in [4.78, 5) is 22.0. The number of aliphatic carboxylic acids is 1. The molecule has 0 atom stereocenters. The molecule has 0 heterocycles. The third-order valence-electron chi connectivity index (χ3n) is 2.42. The minimum Gasteiger partial charge on any atom is -0.481 e. The quantitative estimate of drug-likeness (QED) is 0.439. The Morgan fingerprint density at radius 1 is 1.33 bits per heavy atom. The lowest BCUT2D eigenvalue weighted by atomic mass is 10.2. The van der Waals surface area contributed by atoms with Gasteiger partial charge < -0.3 is 5.11 Å². The average Bonchev–Trinajstić information content (AvgIpc) is 2.43. The van der Waals surface area contributed by atoms with E-state index >= 15 is 0 Å². The van der Waals surface area contributed by atoms with Gasteiger partial charge in [0, 0.05) is 17.8 Å². The van der Waals surface area contributed by atoms with E-state index in [2.05, 4.69) is 5.10 Å². The smallest absolute Gasteiger partial charge is 0.303 e. The lowest BCUT2D eigenvalue weighted by Crippen LogP contribution is -2.19. The first-order chi connectivity index (χ1) is 9.72. The van der Waals surface area contributed by atoms with Gasteiger partial charge in [0.15, 0.2) is 0 Å². The van der Waals surface area contributed by atoms with E-state index in [0.29, 0.717) is 5.71 Å². The van der Waals surface area contributed by atoms with Crippen molar-refractivity contribution in [2.45, 2.75) is 24.7 Å². The predicted octanol–water partition coefficient (Wildman–Crippen LogP) is 1.11. The molecule has 0 radical (unpaired) electrons. The van der Waals surface area contributed by atoms with Crippen LogP contribution in [0.3, 0.4) is 0 Å². The van der Waals surface area contributed by atoms with Crippen molar-refractivity contribution in [1.82, 2.24) is 4.83 Å². The van der Waals surface area contributed by atoms with Crippen LogP contribution in [0, 0.1) is 10.1 Å². The van der Waals surface area contributed by atoms with Crippen LogP contribution < -0.4 is 4.83 Å². The molecule has 0 spiro atoms. The molecule has 0 aliphatic carbocycles. The standard InChI is InChI=1S/C11H13N3O6S/c1-8(2-7-11(15)16)12-13-21(19,20)10-5-3-9(4-6-10)14(17)18/h3-6,13H,2,7H2,1H3,(H,15,16)/b12-8-. The van der Waals surface area contributed by atoms with Crippen LogP contribution in [-0.4, -0.2) is 30.1 Å². The normalized spacial score (nSPS) is 12.0. The summed E-state index contributed by atoms with van der Waals surface area (Å²) in [5.41, 5.74) is 0.0815. The number of hydrogen-bond acceptors (Lipinski definition) is 6. The van der Waals surface area contributed by atoms with Crippen LogP contribution in [0.15, 0.2) is 34.3 Å². The maximum Gasteiger partial charge on any atom is 0.303 e. The van der Waals surface area contributed by atoms with Gasteiger partial charge in [-0.2, -0.15) is 13.5 Å². The van der Waals surface area contributed by atoms with Gasteiger partial charge in [-0.25, -0.2) is 4.83 Å². The molecule has 21 heavy (non-hydrogen) atoms. The van der Waals surface area contributed by atoms with Crippen molar-refractivity contribution >= 4 is 27.4 Å². The molecule has 0 amide bonds. The molecule has 2 N–H and O–H groups in total. The van der Waals surface area contributed by atoms with E-state index in [0.717, 1.165) is 24.3 Å². The zero-order valence-corrected chi connectivity index (χ0v) is 11.8. The maximum absolute atomic E-state index is 11.9. The van der Waals surface area contributed by atoms with E-state index in [1.54, 1.807) is 0 Å². The van der Waals surface area contributed by atoms with E-state index in [1.807, 2.05) is 4.83 Å². The lowest BCUT2D eigenvalue weighted by Gasteiger charge is -2.04. The van der Waals surface area contributed by atoms with Crippen LogP contribution in [0.4, 0.5) is 5.69 Å². The van der Waals surface area contributed by atoms with Crippen molar-refractivity contribution in [2.75, 3.05) is 0 Å². The van der Waals surface area contributed by atoms with Gasteiger partial charge in [-0.3, -0.25) is 14.9 Å². The van der Waals surface area contributed by atoms with Crippen LogP contribution in [0.1, 0.15) is 19.8 Å². The number of sulfonamides is 1. The van der Waals surface area contributed by atoms with E-state index in [4.69, 9.17) is 5.11 Å². The van der Waals surface area contributed by atoms with E-state index in [9.17, 15) is 23.3 Å². The summed E-state index contributed by atoms with van der Waals surface area (Å²) in [7, 11) is -3.94. The Morgan fingerprint density at radius 2 is 1.90 bits per heavy atom. The monoisotopic (exact) mass is 315 g/mol. The number of nitrogens with one attached hydrogen (secondary N) is 1. The minimum atomic E-state index is -3.94. The van der Waals surface area contributed by atoms with Gasteiger partial charge in [-0.1, -0.05) is 0 Å². The highest BCUT2D eigenvalue weighted by molar-refractivity contribution is 7.89. The van der Waals surface area contributed by atoms with Crippen molar-refractivity contribution in [2.24, 2.45) is 5.10 Å². The van der Waals surface area contributed by atoms with Crippen LogP contribution in [0.5, 0.6) is 0 Å². The van der Waals surface area contributed by atoms with Gasteiger partial charge in [0.2, 0.25) is 0 Å². The van der Waals surface area contributed by atoms with Gasteiger partial charge in [0.05, 0.1) is 16.2 Å². The first kappa shape index (κ1) is 16.6. The number of nitrogens with zero attached hydrogens (tertiary/aromatic N) is 2. The highest BCUT2D eigenvalue weighted by atomic mass is 32.2. The molecule has 10 heteroatoms. The number of carboxylic acids is 1. The third kappa shape index (κ3) is 5.18. The SMILES string of the molecule is C/C(CCC(=O)O)=N/NS(=O)(=O)c1ccc([N+](=O)[O-])cc1. The molecular weight excluding hydrogens is 302 g/mol. The number of carbonyl (C=O) groups is 1. The fraction of sp³-hybridized carbons (Fsp3) is 0.273. The summed E-state index contributed by atoms with van der Waals surface area (Å²) in [6.07, 6.45) is -0.0489. The highest BCUT2D eigenvalue weighted by Gasteiger charge is 2.15. The van der Waals surface area contributed by atoms with Crippen LogP contribution >= 0.6 is 0 Å². The first-order valence-electron chi connectivity index (χ1n) is 5.73. The molecule has 0 unspecified atom stereocenters. The predicted molar refractivity (Wildman–Crippen MR) is 73.4 cm³/mol. The topological polar surface area (TPSA) is 139 Å². The van der Waals surface area contributed by atoms with Crippen molar-refractivity contribution in [1.29, 1.82) is 0 Å². The minimum absolute atomic E-state index is 0.109. The van der Waals surface area contributed by atoms with Gasteiger partial charge in [-0.15, -0.1) is 0 Å². The molecular formula is C11H13N3O6S. The third-order valence-corrected chi connectivity index (χ3v) is 3.64. The second-order valence-corrected chi connectivity index (χ2v) is 5.75. The summed E-state index contributed by atoms with van der Waals surface area (Å²) in [5.74, 6) is -1.01. The number of rotatable bonds is 7. The Bertz CT molecular complexity index is 666. The van der Waals surface area contributed by atoms with E-state index < -0.39 is 20.9 Å². The van der Waals surface area contributed by atoms with Crippen molar-refractivity contribution < 1.29 is 23.2 Å². The maximum atomic E-state index is 11.9. The van der Waals surface area contributed by atoms with Crippen LogP contribution in [0.25, 0.3) is 0 Å². The molecule has 0 fully saturated rings. The molecule has 0 bridgehead atoms. The zero-order chi connectivity index (χ0) is 16.0. The number of nitro benzene ring substituents is 1. The fourth-order valence-electron chi connectivity index (χ4n) is 1.28. The van der Waals surface area contributed by atoms with Gasteiger partial charge >= 0.3 is 5.97 Å². The Labute approximate surface area is 120 Å². The Morgan fingerprint density at radius 3 is 2.38 bits per heavy atom. The van der Waals surface area contributed by atoms with E-state index in [-0.39, 0.29) is 23.4 Å². The van der Waals surface area contributed by atoms with Crippen molar-refractivity contribution in [3.63, 3.8) is 0 Å². The largest absolute Gasteiger partial charge is 0.481 e. The second kappa shape index (κ2) is 6.79. The van der Waals surface area contributed by atoms with Crippen LogP contribution in [0.2, 0.25) is 0 Å². The summed E-state index contributed by atoms with van der Waals surface area (Å²) in [6, 6.07) is 4.30. The van der Waals surface area contributed by atoms with Crippen molar-refractivity contribution in [3.8, 4) is 0 Å². The van der Waals surface area contributed by atoms with Gasteiger partial charge in [-0.05, 0) is 25.5 Å². The Hall–Kier alpha value is -2.49. The first-order valence-corrected chi connectivity index (χ1v) is 7.22. The number of hydrogen-bond donors (Lipinski definition) is 2. The average molecular weight is 315 g/mol. The molecule has 9 nitrogen and oxygen atoms in total. The molecule has 0 saturated carbocycles. The molecule has 0 saturated heterocycles. The van der Waals surface area contributed by atoms with Gasteiger partial charge in [0.25, 0.3) is 15.7 Å². The molecule has 1 aromatic rings. The molecule has 1 rings (SSSR count). The Balaban J connectivity index is 2.79. The summed E-state index contributed by atoms with van der Waals surface area (Å²) >= 11 is 0. The number of nitro groups is 1. The summed E-state index contributed by atoms with van der Waals surface area (Å²) in [5, 5.41) is 22.5. The number of non-ortho nitro benzene ring substituents is 1. The van der Waals surface area contributed by atoms with E-state index in [1.165, 1.54) is 6.92 Å². The highest BCUT2D eigenvalue weighted by Crippen LogP contribution is 2.15. The molecule has 114 valence electrons. The fourth-order valence-corrected chi connectivity index (χ4v) is 2.16. The second-order valence-electron chi connectivity index (χ2n) is 4.09. The molecule has 0 aromatic heterocycles. The number of benzene rings is 1. The molecule has 0 aliphatic heterocycles. The number of carboxylic acid groups (broad SMARTS) is 1. The molecule has 1 aromatic carbocycles. The van der Waals surface area contributed by atoms with Crippen molar-refractivity contribution in [3.05, 3.63) is 34.4 Å².